The molecule has 3 aromatic rings. The third-order valence-corrected chi connectivity index (χ3v) is 3.79. The van der Waals surface area contributed by atoms with Crippen LogP contribution in [0.1, 0.15) is 5.56 Å². The van der Waals surface area contributed by atoms with Crippen molar-refractivity contribution in [1.29, 1.82) is 0 Å². The summed E-state index contributed by atoms with van der Waals surface area (Å²) in [6.45, 7) is 3.76. The summed E-state index contributed by atoms with van der Waals surface area (Å²) in [5.41, 5.74) is 3.42. The van der Waals surface area contributed by atoms with Gasteiger partial charge in [0, 0.05) is 19.2 Å². The quantitative estimate of drug-likeness (QED) is 0.726. The monoisotopic (exact) mass is 337 g/mol. The van der Waals surface area contributed by atoms with Crippen LogP contribution in [-0.2, 0) is 18.4 Å². The highest BCUT2D eigenvalue weighted by molar-refractivity contribution is 5.87. The maximum atomic E-state index is 13.2. The van der Waals surface area contributed by atoms with E-state index in [-0.39, 0.29) is 11.7 Å². The van der Waals surface area contributed by atoms with Gasteiger partial charge in [-0.2, -0.15) is 0 Å². The number of carbonyl (C=O) groups is 1. The van der Waals surface area contributed by atoms with Gasteiger partial charge in [0.15, 0.2) is 5.82 Å². The molecule has 126 valence electrons. The minimum Gasteiger partial charge on any atom is -0.348 e. The minimum absolute atomic E-state index is 0.260. The Morgan fingerprint density at radius 2 is 1.96 bits per heavy atom. The van der Waals surface area contributed by atoms with E-state index < -0.39 is 0 Å². The molecule has 0 radical (unpaired) electrons. The lowest BCUT2D eigenvalue weighted by Gasteiger charge is -2.12. The van der Waals surface area contributed by atoms with E-state index in [1.807, 2.05) is 18.2 Å². The van der Waals surface area contributed by atoms with Crippen molar-refractivity contribution >= 4 is 5.91 Å². The van der Waals surface area contributed by atoms with E-state index in [4.69, 9.17) is 0 Å². The van der Waals surface area contributed by atoms with E-state index in [2.05, 4.69) is 27.4 Å². The Hall–Kier alpha value is -3.35. The molecule has 3 rings (SSSR count). The molecule has 6 nitrogen and oxygen atoms in total. The lowest BCUT2D eigenvalue weighted by molar-refractivity contribution is -0.116. The number of hydrogen-bond donors (Lipinski definition) is 1. The molecule has 1 heterocycles. The first-order chi connectivity index (χ1) is 12.1. The summed E-state index contributed by atoms with van der Waals surface area (Å²) >= 11 is 0. The average molecular weight is 337 g/mol. The first-order valence-electron chi connectivity index (χ1n) is 7.60. The second-order valence-corrected chi connectivity index (χ2v) is 5.43. The molecule has 25 heavy (non-hydrogen) atoms. The van der Waals surface area contributed by atoms with Crippen molar-refractivity contribution in [3.63, 3.8) is 0 Å². The highest BCUT2D eigenvalue weighted by atomic mass is 19.1. The van der Waals surface area contributed by atoms with Gasteiger partial charge in [0.2, 0.25) is 5.91 Å². The number of nitrogens with one attached hydrogen (secondary N) is 1. The molecule has 0 spiro atoms. The molecular weight excluding hydrogens is 321 g/mol. The Labute approximate surface area is 144 Å². The Morgan fingerprint density at radius 1 is 1.24 bits per heavy atom. The number of aryl methyl sites for hydroxylation is 1. The second-order valence-electron chi connectivity index (χ2n) is 5.43. The summed E-state index contributed by atoms with van der Waals surface area (Å²) in [5, 5.41) is 14.3. The molecule has 0 saturated heterocycles. The summed E-state index contributed by atoms with van der Waals surface area (Å²) in [7, 11) is 1.74. The van der Waals surface area contributed by atoms with Gasteiger partial charge in [-0.25, -0.2) is 9.07 Å². The molecule has 0 unspecified atom stereocenters. The summed E-state index contributed by atoms with van der Waals surface area (Å²) in [6, 6.07) is 12.0. The Balaban J connectivity index is 2.04. The average Bonchev–Trinajstić information content (AvgIpc) is 3.06. The van der Waals surface area contributed by atoms with Crippen LogP contribution >= 0.6 is 0 Å². The van der Waals surface area contributed by atoms with Crippen LogP contribution in [0.3, 0.4) is 0 Å². The zero-order chi connectivity index (χ0) is 17.8. The third-order valence-electron chi connectivity index (χ3n) is 3.79. The minimum atomic E-state index is -0.287. The summed E-state index contributed by atoms with van der Waals surface area (Å²) in [6.07, 6.45) is 1.22. The summed E-state index contributed by atoms with van der Waals surface area (Å²) in [5.74, 6) is 0.0293. The number of amides is 1. The molecule has 7 heteroatoms. The lowest BCUT2D eigenvalue weighted by atomic mass is 9.98. The number of aromatic nitrogens is 4. The molecule has 0 saturated carbocycles. The van der Waals surface area contributed by atoms with E-state index >= 15 is 0 Å². The van der Waals surface area contributed by atoms with E-state index in [9.17, 15) is 9.18 Å². The maximum absolute atomic E-state index is 13.2. The summed E-state index contributed by atoms with van der Waals surface area (Å²) in [4.78, 5) is 11.5. The first kappa shape index (κ1) is 16.5. The topological polar surface area (TPSA) is 72.7 Å². The van der Waals surface area contributed by atoms with Crippen molar-refractivity contribution < 1.29 is 9.18 Å². The fourth-order valence-corrected chi connectivity index (χ4v) is 2.47. The number of nitrogens with zero attached hydrogens (tertiary/aromatic N) is 4. The van der Waals surface area contributed by atoms with Crippen molar-refractivity contribution in [1.82, 2.24) is 25.5 Å². The fourth-order valence-electron chi connectivity index (χ4n) is 2.47. The van der Waals surface area contributed by atoms with Gasteiger partial charge in [-0.05, 0) is 51.4 Å². The van der Waals surface area contributed by atoms with Crippen molar-refractivity contribution in [3.8, 4) is 22.5 Å². The van der Waals surface area contributed by atoms with E-state index in [1.54, 1.807) is 23.9 Å². The van der Waals surface area contributed by atoms with Crippen molar-refractivity contribution in [2.75, 3.05) is 0 Å². The van der Waals surface area contributed by atoms with Gasteiger partial charge < -0.3 is 5.32 Å². The number of halogens is 1. The smallest absolute Gasteiger partial charge is 0.243 e. The first-order valence-corrected chi connectivity index (χ1v) is 7.60. The van der Waals surface area contributed by atoms with Crippen LogP contribution < -0.4 is 5.32 Å². The maximum Gasteiger partial charge on any atom is 0.243 e. The summed E-state index contributed by atoms with van der Waals surface area (Å²) < 4.78 is 14.7. The molecule has 0 atom stereocenters. The van der Waals surface area contributed by atoms with Gasteiger partial charge in [-0.3, -0.25) is 4.79 Å². The van der Waals surface area contributed by atoms with Crippen molar-refractivity contribution in [3.05, 3.63) is 66.5 Å². The molecule has 1 N–H and O–H groups in total. The van der Waals surface area contributed by atoms with E-state index in [0.29, 0.717) is 12.4 Å². The third kappa shape index (κ3) is 3.60. The Bertz CT molecular complexity index is 917. The molecular formula is C18H16FN5O. The van der Waals surface area contributed by atoms with Crippen LogP contribution in [-0.4, -0.2) is 26.1 Å². The molecule has 0 aliphatic rings. The molecule has 1 aromatic heterocycles. The fraction of sp³-hybridized carbons (Fsp3) is 0.111. The SMILES string of the molecule is C=CC(=O)NCc1ccc(-c2ccc(F)cc2)cc1-c1nnnn1C. The number of carbonyl (C=O) groups excluding carboxylic acids is 1. The van der Waals surface area contributed by atoms with Crippen molar-refractivity contribution in [2.24, 2.45) is 7.05 Å². The van der Waals surface area contributed by atoms with Crippen molar-refractivity contribution in [2.45, 2.75) is 6.54 Å². The van der Waals surface area contributed by atoms with Crippen LogP contribution in [0.2, 0.25) is 0 Å². The van der Waals surface area contributed by atoms with Gasteiger partial charge in [-0.15, -0.1) is 5.10 Å². The predicted molar refractivity (Wildman–Crippen MR) is 91.7 cm³/mol. The van der Waals surface area contributed by atoms with Gasteiger partial charge in [0.25, 0.3) is 0 Å². The molecule has 0 aliphatic heterocycles. The van der Waals surface area contributed by atoms with Gasteiger partial charge in [0.05, 0.1) is 0 Å². The molecule has 1 amide bonds. The highest BCUT2D eigenvalue weighted by Crippen LogP contribution is 2.28. The van der Waals surface area contributed by atoms with Gasteiger partial charge in [-0.1, -0.05) is 30.8 Å². The van der Waals surface area contributed by atoms with Gasteiger partial charge in [0.1, 0.15) is 5.82 Å². The predicted octanol–water partition coefficient (Wildman–Crippen LogP) is 2.49. The number of benzene rings is 2. The number of rotatable bonds is 5. The molecule has 0 bridgehead atoms. The van der Waals surface area contributed by atoms with Crippen LogP contribution in [0.4, 0.5) is 4.39 Å². The van der Waals surface area contributed by atoms with Crippen LogP contribution in [0.15, 0.2) is 55.1 Å². The second kappa shape index (κ2) is 7.04. The number of tetrazole rings is 1. The van der Waals surface area contributed by atoms with Gasteiger partial charge >= 0.3 is 0 Å². The Kier molecular flexibility index (Phi) is 4.65. The molecule has 2 aromatic carbocycles. The zero-order valence-corrected chi connectivity index (χ0v) is 13.6. The van der Waals surface area contributed by atoms with E-state index in [1.165, 1.54) is 18.2 Å². The van der Waals surface area contributed by atoms with Crippen LogP contribution in [0.25, 0.3) is 22.5 Å². The van der Waals surface area contributed by atoms with Crippen LogP contribution in [0.5, 0.6) is 0 Å². The largest absolute Gasteiger partial charge is 0.348 e. The lowest BCUT2D eigenvalue weighted by Crippen LogP contribution is -2.20. The Morgan fingerprint density at radius 3 is 2.60 bits per heavy atom. The number of hydrogen-bond acceptors (Lipinski definition) is 4. The van der Waals surface area contributed by atoms with Crippen LogP contribution in [0, 0.1) is 5.82 Å². The normalized spacial score (nSPS) is 10.5. The zero-order valence-electron chi connectivity index (χ0n) is 13.6. The standard InChI is InChI=1S/C18H16FN5O/c1-3-17(25)20-11-14-5-4-13(12-6-8-15(19)9-7-12)10-16(14)18-21-22-23-24(18)2/h3-10H,1,11H2,2H3,(H,20,25). The molecule has 0 fully saturated rings. The molecule has 0 aliphatic carbocycles. The highest BCUT2D eigenvalue weighted by Gasteiger charge is 2.13. The van der Waals surface area contributed by atoms with E-state index in [0.717, 1.165) is 22.3 Å².